The van der Waals surface area contributed by atoms with E-state index >= 15 is 0 Å². The molecule has 8 heteroatoms. The number of aryl methyl sites for hydroxylation is 1. The first-order chi connectivity index (χ1) is 14.0. The molecule has 1 fully saturated rings. The van der Waals surface area contributed by atoms with Crippen LogP contribution in [0.15, 0.2) is 36.5 Å². The van der Waals surface area contributed by atoms with Crippen molar-refractivity contribution in [2.45, 2.75) is 37.8 Å². The lowest BCUT2D eigenvalue weighted by Crippen LogP contribution is -2.45. The van der Waals surface area contributed by atoms with Crippen LogP contribution in [0.25, 0.3) is 5.69 Å². The Kier molecular flexibility index (Phi) is 4.49. The highest BCUT2D eigenvalue weighted by Crippen LogP contribution is 2.47. The van der Waals surface area contributed by atoms with Gasteiger partial charge < -0.3 is 15.8 Å². The third-order valence-electron chi connectivity index (χ3n) is 5.81. The van der Waals surface area contributed by atoms with Crippen LogP contribution < -0.4 is 11.1 Å². The number of nitrogens with one attached hydrogen (secondary N) is 1. The SMILES string of the molecule is Cc1cc2c(s1)[C@@]1(CCN[C@H](c3cn(-c4cccc(C(N)=O)c4)nn3)C1)OCC2. The van der Waals surface area contributed by atoms with Crippen molar-refractivity contribution in [2.75, 3.05) is 13.2 Å². The number of hydrogen-bond donors (Lipinski definition) is 2. The summed E-state index contributed by atoms with van der Waals surface area (Å²) in [5.74, 6) is -0.459. The molecule has 3 aromatic rings. The molecule has 3 N–H and O–H groups in total. The Bertz CT molecular complexity index is 1070. The van der Waals surface area contributed by atoms with Crippen molar-refractivity contribution in [1.82, 2.24) is 20.3 Å². The van der Waals surface area contributed by atoms with Crippen molar-refractivity contribution in [3.8, 4) is 5.69 Å². The number of rotatable bonds is 3. The molecule has 0 bridgehead atoms. The minimum absolute atomic E-state index is 0.0604. The van der Waals surface area contributed by atoms with Crippen molar-refractivity contribution in [3.05, 3.63) is 63.1 Å². The van der Waals surface area contributed by atoms with E-state index in [2.05, 4.69) is 28.6 Å². The first-order valence-electron chi connectivity index (χ1n) is 9.84. The van der Waals surface area contributed by atoms with Crippen LogP contribution in [0.2, 0.25) is 0 Å². The first kappa shape index (κ1) is 18.5. The van der Waals surface area contributed by atoms with Crippen LogP contribution in [0.4, 0.5) is 0 Å². The molecule has 7 nitrogen and oxygen atoms in total. The number of nitrogens with zero attached hydrogens (tertiary/aromatic N) is 3. The highest BCUT2D eigenvalue weighted by atomic mass is 32.1. The summed E-state index contributed by atoms with van der Waals surface area (Å²) in [4.78, 5) is 14.2. The predicted molar refractivity (Wildman–Crippen MR) is 110 cm³/mol. The second kappa shape index (κ2) is 7.05. The summed E-state index contributed by atoms with van der Waals surface area (Å²) in [7, 11) is 0. The highest BCUT2D eigenvalue weighted by Gasteiger charge is 2.44. The summed E-state index contributed by atoms with van der Waals surface area (Å²) >= 11 is 1.86. The number of benzene rings is 1. The molecule has 29 heavy (non-hydrogen) atoms. The number of carbonyl (C=O) groups is 1. The summed E-state index contributed by atoms with van der Waals surface area (Å²) in [6.45, 7) is 3.80. The smallest absolute Gasteiger partial charge is 0.248 e. The van der Waals surface area contributed by atoms with Gasteiger partial charge in [0.15, 0.2) is 0 Å². The lowest BCUT2D eigenvalue weighted by molar-refractivity contribution is -0.0871. The average molecular weight is 410 g/mol. The van der Waals surface area contributed by atoms with Crippen LogP contribution in [0, 0.1) is 6.92 Å². The molecule has 5 rings (SSSR count). The number of aromatic nitrogens is 3. The van der Waals surface area contributed by atoms with Crippen LogP contribution >= 0.6 is 11.3 Å². The van der Waals surface area contributed by atoms with Gasteiger partial charge in [-0.2, -0.15) is 0 Å². The molecule has 2 atom stereocenters. The zero-order chi connectivity index (χ0) is 20.0. The van der Waals surface area contributed by atoms with E-state index in [1.54, 1.807) is 22.9 Å². The second-order valence-electron chi connectivity index (χ2n) is 7.77. The summed E-state index contributed by atoms with van der Waals surface area (Å²) < 4.78 is 8.08. The molecule has 0 aliphatic carbocycles. The number of piperidine rings is 1. The van der Waals surface area contributed by atoms with Crippen molar-refractivity contribution in [2.24, 2.45) is 5.73 Å². The van der Waals surface area contributed by atoms with Crippen molar-refractivity contribution in [1.29, 1.82) is 0 Å². The van der Waals surface area contributed by atoms with E-state index < -0.39 is 5.91 Å². The number of nitrogens with two attached hydrogens (primary N) is 1. The van der Waals surface area contributed by atoms with Gasteiger partial charge in [-0.1, -0.05) is 11.3 Å². The molecule has 1 saturated heterocycles. The van der Waals surface area contributed by atoms with Crippen molar-refractivity contribution >= 4 is 17.2 Å². The van der Waals surface area contributed by atoms with Gasteiger partial charge in [-0.15, -0.1) is 16.4 Å². The van der Waals surface area contributed by atoms with E-state index in [0.717, 1.165) is 43.8 Å². The van der Waals surface area contributed by atoms with Crippen LogP contribution in [-0.2, 0) is 16.8 Å². The Morgan fingerprint density at radius 1 is 1.41 bits per heavy atom. The van der Waals surface area contributed by atoms with Gasteiger partial charge in [-0.05, 0) is 56.1 Å². The zero-order valence-electron chi connectivity index (χ0n) is 16.2. The van der Waals surface area contributed by atoms with Crippen LogP contribution in [-0.4, -0.2) is 34.1 Å². The van der Waals surface area contributed by atoms with Gasteiger partial charge >= 0.3 is 0 Å². The van der Waals surface area contributed by atoms with Gasteiger partial charge in [-0.25, -0.2) is 4.68 Å². The summed E-state index contributed by atoms with van der Waals surface area (Å²) in [6.07, 6.45) is 4.71. The maximum absolute atomic E-state index is 11.5. The molecule has 1 aromatic carbocycles. The van der Waals surface area contributed by atoms with Crippen LogP contribution in [0.5, 0.6) is 0 Å². The predicted octanol–water partition coefficient (Wildman–Crippen LogP) is 2.63. The molecule has 2 aromatic heterocycles. The largest absolute Gasteiger partial charge is 0.369 e. The Morgan fingerprint density at radius 2 is 2.31 bits per heavy atom. The molecular weight excluding hydrogens is 386 g/mol. The molecule has 150 valence electrons. The average Bonchev–Trinajstić information content (AvgIpc) is 3.36. The van der Waals surface area contributed by atoms with Crippen molar-refractivity contribution in [3.63, 3.8) is 0 Å². The minimum Gasteiger partial charge on any atom is -0.369 e. The van der Waals surface area contributed by atoms with E-state index in [1.807, 2.05) is 23.6 Å². The van der Waals surface area contributed by atoms with E-state index in [4.69, 9.17) is 10.5 Å². The Hall–Kier alpha value is -2.55. The quantitative estimate of drug-likeness (QED) is 0.693. The molecule has 2 aliphatic rings. The van der Waals surface area contributed by atoms with Crippen molar-refractivity contribution < 1.29 is 9.53 Å². The van der Waals surface area contributed by atoms with E-state index in [1.165, 1.54) is 15.3 Å². The summed E-state index contributed by atoms with van der Waals surface area (Å²) in [5, 5.41) is 12.3. The number of ether oxygens (including phenoxy) is 1. The number of primary amides is 1. The topological polar surface area (TPSA) is 95.1 Å². The van der Waals surface area contributed by atoms with Crippen LogP contribution in [0.3, 0.4) is 0 Å². The third kappa shape index (κ3) is 3.27. The first-order valence-corrected chi connectivity index (χ1v) is 10.7. The number of thiophene rings is 1. The monoisotopic (exact) mass is 409 g/mol. The van der Waals surface area contributed by atoms with E-state index in [0.29, 0.717) is 5.56 Å². The van der Waals surface area contributed by atoms with Gasteiger partial charge in [0.05, 0.1) is 24.5 Å². The summed E-state index contributed by atoms with van der Waals surface area (Å²) in [5.41, 5.74) is 8.68. The minimum atomic E-state index is -0.459. The molecule has 4 heterocycles. The highest BCUT2D eigenvalue weighted by molar-refractivity contribution is 7.12. The lowest BCUT2D eigenvalue weighted by Gasteiger charge is -2.43. The number of fused-ring (bicyclic) bond motifs is 2. The molecule has 1 spiro atoms. The third-order valence-corrected chi connectivity index (χ3v) is 7.09. The fourth-order valence-electron chi connectivity index (χ4n) is 4.42. The maximum Gasteiger partial charge on any atom is 0.248 e. The Labute approximate surface area is 172 Å². The van der Waals surface area contributed by atoms with Gasteiger partial charge in [0.25, 0.3) is 0 Å². The number of amides is 1. The van der Waals surface area contributed by atoms with Crippen LogP contribution in [0.1, 0.15) is 50.3 Å². The fourth-order valence-corrected chi connectivity index (χ4v) is 5.67. The van der Waals surface area contributed by atoms with E-state index in [-0.39, 0.29) is 11.6 Å². The van der Waals surface area contributed by atoms with E-state index in [9.17, 15) is 4.79 Å². The standard InChI is InChI=1S/C21H23N5O2S/c1-13-9-14-5-8-28-21(19(14)29-13)6-7-23-17(11-21)18-12-26(25-24-18)16-4-2-3-15(10-16)20(22)27/h2-4,9-10,12,17,23H,5-8,11H2,1H3,(H2,22,27)/t17-,21-/m0/s1. The number of hydrogen-bond acceptors (Lipinski definition) is 6. The molecule has 0 saturated carbocycles. The fraction of sp³-hybridized carbons (Fsp3) is 0.381. The summed E-state index contributed by atoms with van der Waals surface area (Å²) in [6, 6.07) is 9.46. The maximum atomic E-state index is 11.5. The van der Waals surface area contributed by atoms with Gasteiger partial charge in [-0.3, -0.25) is 4.79 Å². The van der Waals surface area contributed by atoms with Gasteiger partial charge in [0.2, 0.25) is 5.91 Å². The normalized spacial score (nSPS) is 23.8. The molecule has 0 radical (unpaired) electrons. The molecule has 2 aliphatic heterocycles. The second-order valence-corrected chi connectivity index (χ2v) is 9.02. The molecule has 0 unspecified atom stereocenters. The molecular formula is C21H23N5O2S. The van der Waals surface area contributed by atoms with Gasteiger partial charge in [0, 0.05) is 21.7 Å². The Balaban J connectivity index is 1.43. The number of carbonyl (C=O) groups excluding carboxylic acids is 1. The van der Waals surface area contributed by atoms with Gasteiger partial charge in [0.1, 0.15) is 11.3 Å². The Morgan fingerprint density at radius 3 is 3.17 bits per heavy atom. The zero-order valence-corrected chi connectivity index (χ0v) is 17.0. The molecule has 1 amide bonds. The lowest BCUT2D eigenvalue weighted by atomic mass is 9.82.